The van der Waals surface area contributed by atoms with Crippen LogP contribution in [0.2, 0.25) is 0 Å². The molecule has 1 aromatic heterocycles. The molecule has 0 spiro atoms. The number of rotatable bonds is 2. The van der Waals surface area contributed by atoms with Crippen LogP contribution in [0.3, 0.4) is 0 Å². The molecule has 2 heterocycles. The van der Waals surface area contributed by atoms with Gasteiger partial charge in [0.25, 0.3) is 0 Å². The van der Waals surface area contributed by atoms with Gasteiger partial charge in [-0.15, -0.1) is 0 Å². The van der Waals surface area contributed by atoms with Gasteiger partial charge in [0.15, 0.2) is 0 Å². The highest BCUT2D eigenvalue weighted by Gasteiger charge is 2.26. The van der Waals surface area contributed by atoms with Crippen molar-refractivity contribution in [2.24, 2.45) is 0 Å². The van der Waals surface area contributed by atoms with Gasteiger partial charge in [0.1, 0.15) is 17.3 Å². The summed E-state index contributed by atoms with van der Waals surface area (Å²) in [6, 6.07) is 4.27. The monoisotopic (exact) mass is 398 g/mol. The summed E-state index contributed by atoms with van der Waals surface area (Å²) in [4.78, 5) is 0.0873. The van der Waals surface area contributed by atoms with Crippen molar-refractivity contribution < 1.29 is 9.15 Å². The maximum atomic E-state index is 5.83. The third kappa shape index (κ3) is 2.23. The summed E-state index contributed by atoms with van der Waals surface area (Å²) >= 11 is 7.44. The van der Waals surface area contributed by atoms with E-state index in [1.54, 1.807) is 0 Å². The number of alkyl halides is 1. The molecule has 1 unspecified atom stereocenters. The fraction of sp³-hybridized carbons (Fsp3) is 0.375. The van der Waals surface area contributed by atoms with Gasteiger partial charge < -0.3 is 9.15 Å². The number of furan rings is 1. The first-order chi connectivity index (χ1) is 9.49. The summed E-state index contributed by atoms with van der Waals surface area (Å²) in [5.41, 5.74) is 4.85. The second kappa shape index (κ2) is 5.23. The third-order valence-electron chi connectivity index (χ3n) is 3.92. The molecule has 1 aromatic carbocycles. The van der Waals surface area contributed by atoms with Crippen LogP contribution >= 0.6 is 31.9 Å². The first-order valence-corrected chi connectivity index (χ1v) is 8.35. The van der Waals surface area contributed by atoms with Crippen LogP contribution in [0.25, 0.3) is 0 Å². The lowest BCUT2D eigenvalue weighted by molar-refractivity contribution is 0.354. The lowest BCUT2D eigenvalue weighted by Gasteiger charge is -2.15. The van der Waals surface area contributed by atoms with E-state index < -0.39 is 0 Å². The molecule has 4 heteroatoms. The molecule has 0 amide bonds. The summed E-state index contributed by atoms with van der Waals surface area (Å²) < 4.78 is 12.7. The van der Waals surface area contributed by atoms with E-state index in [1.807, 2.05) is 13.8 Å². The van der Waals surface area contributed by atoms with E-state index in [0.717, 1.165) is 34.8 Å². The Bertz CT molecular complexity index is 674. The van der Waals surface area contributed by atoms with Gasteiger partial charge in [-0.1, -0.05) is 31.9 Å². The maximum absolute atomic E-state index is 5.83. The van der Waals surface area contributed by atoms with Gasteiger partial charge in [0.2, 0.25) is 0 Å². The Balaban J connectivity index is 2.14. The minimum atomic E-state index is 0.0873. The largest absolute Gasteiger partial charge is 0.493 e. The average molecular weight is 400 g/mol. The summed E-state index contributed by atoms with van der Waals surface area (Å²) in [6.45, 7) is 6.89. The Morgan fingerprint density at radius 3 is 2.55 bits per heavy atom. The Labute approximate surface area is 135 Å². The second-order valence-corrected chi connectivity index (χ2v) is 7.03. The van der Waals surface area contributed by atoms with E-state index in [4.69, 9.17) is 9.15 Å². The minimum absolute atomic E-state index is 0.0873. The quantitative estimate of drug-likeness (QED) is 0.632. The van der Waals surface area contributed by atoms with E-state index in [1.165, 1.54) is 22.3 Å². The van der Waals surface area contributed by atoms with Gasteiger partial charge in [-0.2, -0.15) is 0 Å². The molecular formula is C16H16Br2O2. The lowest BCUT2D eigenvalue weighted by Crippen LogP contribution is -1.99. The molecule has 0 saturated heterocycles. The molecule has 0 fully saturated rings. The fourth-order valence-corrected chi connectivity index (χ4v) is 4.35. The van der Waals surface area contributed by atoms with Crippen LogP contribution in [-0.2, 0) is 6.42 Å². The van der Waals surface area contributed by atoms with Gasteiger partial charge in [-0.3, -0.25) is 0 Å². The van der Waals surface area contributed by atoms with Crippen molar-refractivity contribution in [2.75, 3.05) is 6.61 Å². The molecule has 1 aliphatic rings. The van der Waals surface area contributed by atoms with Crippen LogP contribution in [0.4, 0.5) is 0 Å². The molecule has 106 valence electrons. The van der Waals surface area contributed by atoms with Crippen molar-refractivity contribution in [3.8, 4) is 5.75 Å². The van der Waals surface area contributed by atoms with Gasteiger partial charge >= 0.3 is 0 Å². The summed E-state index contributed by atoms with van der Waals surface area (Å²) in [7, 11) is 0. The number of hydrogen-bond acceptors (Lipinski definition) is 2. The summed E-state index contributed by atoms with van der Waals surface area (Å²) in [5.74, 6) is 2.97. The van der Waals surface area contributed by atoms with Crippen LogP contribution in [0, 0.1) is 20.8 Å². The highest BCUT2D eigenvalue weighted by Crippen LogP contribution is 2.45. The summed E-state index contributed by atoms with van der Waals surface area (Å²) in [6.07, 6.45) is 0.976. The van der Waals surface area contributed by atoms with Crippen molar-refractivity contribution in [2.45, 2.75) is 32.0 Å². The molecular weight excluding hydrogens is 384 g/mol. The second-order valence-electron chi connectivity index (χ2n) is 5.20. The number of halogens is 2. The first kappa shape index (κ1) is 14.2. The molecule has 0 N–H and O–H groups in total. The zero-order valence-electron chi connectivity index (χ0n) is 11.7. The Kier molecular flexibility index (Phi) is 3.71. The van der Waals surface area contributed by atoms with Gasteiger partial charge in [0.05, 0.1) is 11.4 Å². The van der Waals surface area contributed by atoms with Crippen molar-refractivity contribution in [1.29, 1.82) is 0 Å². The molecule has 0 bridgehead atoms. The summed E-state index contributed by atoms with van der Waals surface area (Å²) in [5, 5.41) is 0. The van der Waals surface area contributed by atoms with Gasteiger partial charge in [-0.25, -0.2) is 0 Å². The highest BCUT2D eigenvalue weighted by molar-refractivity contribution is 9.10. The van der Waals surface area contributed by atoms with Gasteiger partial charge in [-0.05, 0) is 44.0 Å². The van der Waals surface area contributed by atoms with Crippen molar-refractivity contribution in [1.82, 2.24) is 0 Å². The topological polar surface area (TPSA) is 22.4 Å². The Hall–Kier alpha value is -0.740. The maximum Gasteiger partial charge on any atom is 0.127 e. The third-order valence-corrected chi connectivity index (χ3v) is 5.33. The molecule has 1 aliphatic heterocycles. The standard InChI is InChI=1S/C16H16Br2O2/c1-8-9(2)20-10(3)14(8)15(18)13-7-12(17)6-11-4-5-19-16(11)13/h6-7,15H,4-5H2,1-3H3. The van der Waals surface area contributed by atoms with Gasteiger partial charge in [0, 0.05) is 22.0 Å². The number of hydrogen-bond donors (Lipinski definition) is 0. The minimum Gasteiger partial charge on any atom is -0.493 e. The molecule has 3 rings (SSSR count). The fourth-order valence-electron chi connectivity index (χ4n) is 2.83. The zero-order chi connectivity index (χ0) is 14.4. The Morgan fingerprint density at radius 1 is 1.15 bits per heavy atom. The van der Waals surface area contributed by atoms with E-state index >= 15 is 0 Å². The van der Waals surface area contributed by atoms with Crippen molar-refractivity contribution in [3.05, 3.63) is 50.4 Å². The van der Waals surface area contributed by atoms with Crippen LogP contribution in [0.15, 0.2) is 21.0 Å². The van der Waals surface area contributed by atoms with E-state index in [-0.39, 0.29) is 4.83 Å². The highest BCUT2D eigenvalue weighted by atomic mass is 79.9. The predicted octanol–water partition coefficient (Wildman–Crippen LogP) is 5.39. The molecule has 0 saturated carbocycles. The van der Waals surface area contributed by atoms with Crippen LogP contribution in [0.5, 0.6) is 5.75 Å². The van der Waals surface area contributed by atoms with Crippen LogP contribution in [-0.4, -0.2) is 6.61 Å². The van der Waals surface area contributed by atoms with Crippen LogP contribution < -0.4 is 4.74 Å². The molecule has 2 nitrogen and oxygen atoms in total. The normalized spacial score (nSPS) is 15.1. The smallest absolute Gasteiger partial charge is 0.127 e. The number of benzene rings is 1. The lowest BCUT2D eigenvalue weighted by atomic mass is 9.98. The van der Waals surface area contributed by atoms with Crippen LogP contribution in [0.1, 0.15) is 38.6 Å². The van der Waals surface area contributed by atoms with Crippen molar-refractivity contribution in [3.63, 3.8) is 0 Å². The number of ether oxygens (including phenoxy) is 1. The molecule has 0 aliphatic carbocycles. The molecule has 20 heavy (non-hydrogen) atoms. The van der Waals surface area contributed by atoms with Crippen molar-refractivity contribution >= 4 is 31.9 Å². The Morgan fingerprint density at radius 2 is 1.90 bits per heavy atom. The molecule has 2 aromatic rings. The molecule has 1 atom stereocenters. The number of aryl methyl sites for hydroxylation is 2. The average Bonchev–Trinajstić information content (AvgIpc) is 2.93. The zero-order valence-corrected chi connectivity index (χ0v) is 14.9. The SMILES string of the molecule is Cc1oc(C)c(C(Br)c2cc(Br)cc3c2OCC3)c1C. The number of fused-ring (bicyclic) bond motifs is 1. The molecule has 0 radical (unpaired) electrons. The predicted molar refractivity (Wildman–Crippen MR) is 87.0 cm³/mol. The van der Waals surface area contributed by atoms with E-state index in [0.29, 0.717) is 0 Å². The van der Waals surface area contributed by atoms with E-state index in [9.17, 15) is 0 Å². The van der Waals surface area contributed by atoms with E-state index in [2.05, 4.69) is 50.9 Å². The first-order valence-electron chi connectivity index (χ1n) is 6.64.